The van der Waals surface area contributed by atoms with Crippen molar-refractivity contribution in [3.63, 3.8) is 0 Å². The van der Waals surface area contributed by atoms with E-state index in [0.29, 0.717) is 5.92 Å². The van der Waals surface area contributed by atoms with Gasteiger partial charge in [-0.1, -0.05) is 40.5 Å². The Labute approximate surface area is 112 Å². The van der Waals surface area contributed by atoms with Gasteiger partial charge < -0.3 is 9.88 Å². The third kappa shape index (κ3) is 6.20. The predicted octanol–water partition coefficient (Wildman–Crippen LogP) is 3.46. The fraction of sp³-hybridized carbons (Fsp3) is 0.800. The Morgan fingerprint density at radius 1 is 1.17 bits per heavy atom. The summed E-state index contributed by atoms with van der Waals surface area (Å²) in [4.78, 5) is 4.26. The van der Waals surface area contributed by atoms with Crippen LogP contribution in [0.5, 0.6) is 0 Å². The highest BCUT2D eigenvalue weighted by Crippen LogP contribution is 2.08. The third-order valence-electron chi connectivity index (χ3n) is 3.09. The van der Waals surface area contributed by atoms with Gasteiger partial charge in [-0.2, -0.15) is 0 Å². The van der Waals surface area contributed by atoms with E-state index in [1.165, 1.54) is 25.0 Å². The molecule has 0 aliphatic heterocycles. The second-order valence-electron chi connectivity index (χ2n) is 5.99. The summed E-state index contributed by atoms with van der Waals surface area (Å²) < 4.78 is 2.29. The zero-order chi connectivity index (χ0) is 13.4. The molecule has 1 aromatic heterocycles. The molecule has 0 fully saturated rings. The van der Waals surface area contributed by atoms with Crippen molar-refractivity contribution in [3.8, 4) is 0 Å². The summed E-state index contributed by atoms with van der Waals surface area (Å²) >= 11 is 0. The average molecular weight is 251 g/mol. The van der Waals surface area contributed by atoms with Gasteiger partial charge in [0.2, 0.25) is 0 Å². The fourth-order valence-corrected chi connectivity index (χ4v) is 2.02. The van der Waals surface area contributed by atoms with E-state index < -0.39 is 0 Å². The molecule has 3 nitrogen and oxygen atoms in total. The van der Waals surface area contributed by atoms with Gasteiger partial charge in [-0.25, -0.2) is 4.98 Å². The Balaban J connectivity index is 2.26. The van der Waals surface area contributed by atoms with Crippen molar-refractivity contribution < 1.29 is 0 Å². The van der Waals surface area contributed by atoms with Crippen molar-refractivity contribution in [1.29, 1.82) is 0 Å². The Hall–Kier alpha value is -0.830. The smallest absolute Gasteiger partial charge is 0.0948 e. The number of aryl methyl sites for hydroxylation is 1. The summed E-state index contributed by atoms with van der Waals surface area (Å²) in [6.45, 7) is 12.1. The molecule has 104 valence electrons. The summed E-state index contributed by atoms with van der Waals surface area (Å²) in [5.74, 6) is 1.52. The van der Waals surface area contributed by atoms with Gasteiger partial charge in [0.15, 0.2) is 0 Å². The number of unbranched alkanes of at least 4 members (excludes halogenated alkanes) is 1. The van der Waals surface area contributed by atoms with Crippen LogP contribution in [-0.4, -0.2) is 16.1 Å². The van der Waals surface area contributed by atoms with Crippen molar-refractivity contribution in [2.24, 2.45) is 11.8 Å². The summed E-state index contributed by atoms with van der Waals surface area (Å²) in [5.41, 5.74) is 1.31. The lowest BCUT2D eigenvalue weighted by Gasteiger charge is -2.11. The molecule has 3 heteroatoms. The van der Waals surface area contributed by atoms with Gasteiger partial charge >= 0.3 is 0 Å². The first kappa shape index (κ1) is 15.2. The standard InChI is InChI=1S/C15H29N3/c1-13(2)7-5-6-8-18-12-17-11-15(18)10-16-9-14(3)4/h11-14,16H,5-10H2,1-4H3. The zero-order valence-electron chi connectivity index (χ0n) is 12.4. The lowest BCUT2D eigenvalue weighted by molar-refractivity contribution is 0.494. The van der Waals surface area contributed by atoms with Gasteiger partial charge in [0, 0.05) is 19.3 Å². The summed E-state index contributed by atoms with van der Waals surface area (Å²) in [5, 5.41) is 3.48. The lowest BCUT2D eigenvalue weighted by atomic mass is 10.1. The van der Waals surface area contributed by atoms with Gasteiger partial charge in [0.05, 0.1) is 12.0 Å². The summed E-state index contributed by atoms with van der Waals surface area (Å²) in [7, 11) is 0. The summed E-state index contributed by atoms with van der Waals surface area (Å²) in [6, 6.07) is 0. The third-order valence-corrected chi connectivity index (χ3v) is 3.09. The first-order valence-electron chi connectivity index (χ1n) is 7.29. The lowest BCUT2D eigenvalue weighted by Crippen LogP contribution is -2.20. The highest BCUT2D eigenvalue weighted by molar-refractivity contribution is 4.97. The maximum Gasteiger partial charge on any atom is 0.0948 e. The van der Waals surface area contributed by atoms with Crippen LogP contribution in [-0.2, 0) is 13.1 Å². The second-order valence-corrected chi connectivity index (χ2v) is 5.99. The molecular weight excluding hydrogens is 222 g/mol. The molecule has 0 aliphatic rings. The minimum atomic E-state index is 0.701. The average Bonchev–Trinajstić information content (AvgIpc) is 2.71. The van der Waals surface area contributed by atoms with Crippen LogP contribution in [0.2, 0.25) is 0 Å². The first-order valence-corrected chi connectivity index (χ1v) is 7.29. The normalized spacial score (nSPS) is 11.7. The molecule has 1 aromatic rings. The van der Waals surface area contributed by atoms with Gasteiger partial charge in [-0.3, -0.25) is 0 Å². The molecule has 1 N–H and O–H groups in total. The van der Waals surface area contributed by atoms with Crippen LogP contribution in [0.4, 0.5) is 0 Å². The van der Waals surface area contributed by atoms with E-state index in [9.17, 15) is 0 Å². The molecule has 0 aromatic carbocycles. The number of nitrogens with one attached hydrogen (secondary N) is 1. The quantitative estimate of drug-likeness (QED) is 0.681. The molecule has 0 bridgehead atoms. The van der Waals surface area contributed by atoms with E-state index in [1.54, 1.807) is 0 Å². The maximum atomic E-state index is 4.26. The van der Waals surface area contributed by atoms with Crippen LogP contribution in [0.3, 0.4) is 0 Å². The summed E-state index contributed by atoms with van der Waals surface area (Å²) in [6.07, 6.45) is 7.84. The number of rotatable bonds is 9. The molecule has 0 spiro atoms. The number of hydrogen-bond acceptors (Lipinski definition) is 2. The van der Waals surface area contributed by atoms with Crippen LogP contribution < -0.4 is 5.32 Å². The van der Waals surface area contributed by atoms with Crippen molar-refractivity contribution in [1.82, 2.24) is 14.9 Å². The van der Waals surface area contributed by atoms with E-state index in [0.717, 1.165) is 25.6 Å². The van der Waals surface area contributed by atoms with Crippen LogP contribution in [0, 0.1) is 11.8 Å². The van der Waals surface area contributed by atoms with E-state index in [-0.39, 0.29) is 0 Å². The minimum absolute atomic E-state index is 0.701. The van der Waals surface area contributed by atoms with Crippen molar-refractivity contribution in [2.45, 2.75) is 60.0 Å². The number of aromatic nitrogens is 2. The molecule has 0 aliphatic carbocycles. The van der Waals surface area contributed by atoms with Crippen LogP contribution in [0.25, 0.3) is 0 Å². The van der Waals surface area contributed by atoms with E-state index in [2.05, 4.69) is 42.6 Å². The van der Waals surface area contributed by atoms with Gasteiger partial charge in [0.1, 0.15) is 0 Å². The maximum absolute atomic E-state index is 4.26. The Morgan fingerprint density at radius 3 is 2.61 bits per heavy atom. The van der Waals surface area contributed by atoms with E-state index >= 15 is 0 Å². The van der Waals surface area contributed by atoms with E-state index in [4.69, 9.17) is 0 Å². The first-order chi connectivity index (χ1) is 8.59. The van der Waals surface area contributed by atoms with Crippen molar-refractivity contribution in [2.75, 3.05) is 6.54 Å². The molecule has 1 heterocycles. The largest absolute Gasteiger partial charge is 0.333 e. The Morgan fingerprint density at radius 2 is 1.94 bits per heavy atom. The molecule has 0 saturated carbocycles. The topological polar surface area (TPSA) is 29.9 Å². The van der Waals surface area contributed by atoms with Crippen molar-refractivity contribution >= 4 is 0 Å². The van der Waals surface area contributed by atoms with Crippen LogP contribution in [0.1, 0.15) is 52.7 Å². The molecular formula is C15H29N3. The van der Waals surface area contributed by atoms with Gasteiger partial charge in [-0.05, 0) is 24.8 Å². The fourth-order valence-electron chi connectivity index (χ4n) is 2.02. The SMILES string of the molecule is CC(C)CCCCn1cncc1CNCC(C)C. The minimum Gasteiger partial charge on any atom is -0.333 e. The van der Waals surface area contributed by atoms with Gasteiger partial charge in [0.25, 0.3) is 0 Å². The molecule has 0 atom stereocenters. The van der Waals surface area contributed by atoms with Crippen LogP contribution >= 0.6 is 0 Å². The molecule has 0 unspecified atom stereocenters. The highest BCUT2D eigenvalue weighted by Gasteiger charge is 2.02. The molecule has 1 rings (SSSR count). The van der Waals surface area contributed by atoms with Crippen molar-refractivity contribution in [3.05, 3.63) is 18.2 Å². The highest BCUT2D eigenvalue weighted by atomic mass is 15.1. The van der Waals surface area contributed by atoms with E-state index in [1.807, 2.05) is 12.5 Å². The molecule has 0 amide bonds. The van der Waals surface area contributed by atoms with Gasteiger partial charge in [-0.15, -0.1) is 0 Å². The van der Waals surface area contributed by atoms with Crippen LogP contribution in [0.15, 0.2) is 12.5 Å². The number of imidazole rings is 1. The number of nitrogens with zero attached hydrogens (tertiary/aromatic N) is 2. The Bertz CT molecular complexity index is 315. The predicted molar refractivity (Wildman–Crippen MR) is 77.5 cm³/mol. The molecule has 0 saturated heterocycles. The molecule has 0 radical (unpaired) electrons. The molecule has 18 heavy (non-hydrogen) atoms. The zero-order valence-corrected chi connectivity index (χ0v) is 12.4. The Kier molecular flexibility index (Phi) is 7.02. The number of hydrogen-bond donors (Lipinski definition) is 1. The monoisotopic (exact) mass is 251 g/mol. The second kappa shape index (κ2) is 8.30.